The SMILES string of the molecule is Cc1nc2ccc(-c3ccc4nc5c(nc4c3)-c3ccc(C#N)c4c(C#N)ccc-5c34)cc2nc1C. The summed E-state index contributed by atoms with van der Waals surface area (Å²) >= 11 is 0. The van der Waals surface area contributed by atoms with Crippen molar-refractivity contribution in [3.05, 3.63) is 83.2 Å². The molecule has 0 N–H and O–H groups in total. The first-order valence-corrected chi connectivity index (χ1v) is 11.5. The van der Waals surface area contributed by atoms with Crippen molar-refractivity contribution in [3.63, 3.8) is 0 Å². The lowest BCUT2D eigenvalue weighted by atomic mass is 9.96. The number of hydrogen-bond acceptors (Lipinski definition) is 6. The van der Waals surface area contributed by atoms with Crippen LogP contribution < -0.4 is 0 Å². The zero-order valence-electron chi connectivity index (χ0n) is 19.5. The van der Waals surface area contributed by atoms with E-state index in [1.807, 2.05) is 50.2 Å². The molecule has 0 saturated carbocycles. The third-order valence-electron chi connectivity index (χ3n) is 6.98. The second kappa shape index (κ2) is 7.15. The Hall–Kier alpha value is -5.20. The highest BCUT2D eigenvalue weighted by Gasteiger charge is 2.27. The number of rotatable bonds is 1. The van der Waals surface area contributed by atoms with E-state index < -0.39 is 0 Å². The summed E-state index contributed by atoms with van der Waals surface area (Å²) < 4.78 is 0. The minimum Gasteiger partial charge on any atom is -0.250 e. The first-order chi connectivity index (χ1) is 17.6. The van der Waals surface area contributed by atoms with Crippen molar-refractivity contribution in [2.45, 2.75) is 13.8 Å². The number of aromatic nitrogens is 4. The van der Waals surface area contributed by atoms with E-state index in [1.54, 1.807) is 12.1 Å². The Morgan fingerprint density at radius 2 is 1.00 bits per heavy atom. The van der Waals surface area contributed by atoms with E-state index in [-0.39, 0.29) is 0 Å². The van der Waals surface area contributed by atoms with E-state index in [1.165, 1.54) is 0 Å². The monoisotopic (exact) mass is 460 g/mol. The van der Waals surface area contributed by atoms with Crippen molar-refractivity contribution in [2.75, 3.05) is 0 Å². The molecular formula is C30H16N6. The van der Waals surface area contributed by atoms with E-state index in [2.05, 4.69) is 29.3 Å². The van der Waals surface area contributed by atoms with Gasteiger partial charge in [-0.3, -0.25) is 0 Å². The molecule has 166 valence electrons. The summed E-state index contributed by atoms with van der Waals surface area (Å²) in [6.45, 7) is 3.94. The molecule has 1 aliphatic carbocycles. The molecule has 6 heteroatoms. The van der Waals surface area contributed by atoms with Gasteiger partial charge in [-0.25, -0.2) is 19.9 Å². The Balaban J connectivity index is 1.43. The zero-order valence-corrected chi connectivity index (χ0v) is 19.5. The second-order valence-corrected chi connectivity index (χ2v) is 9.02. The lowest BCUT2D eigenvalue weighted by molar-refractivity contribution is 1.10. The number of hydrogen-bond donors (Lipinski definition) is 0. The highest BCUT2D eigenvalue weighted by molar-refractivity contribution is 6.17. The van der Waals surface area contributed by atoms with Crippen LogP contribution in [0.1, 0.15) is 22.5 Å². The van der Waals surface area contributed by atoms with Crippen molar-refractivity contribution in [1.29, 1.82) is 10.5 Å². The molecule has 0 bridgehead atoms. The van der Waals surface area contributed by atoms with Gasteiger partial charge in [0.2, 0.25) is 0 Å². The van der Waals surface area contributed by atoms with Crippen molar-refractivity contribution in [1.82, 2.24) is 19.9 Å². The van der Waals surface area contributed by atoms with Gasteiger partial charge < -0.3 is 0 Å². The summed E-state index contributed by atoms with van der Waals surface area (Å²) in [6, 6.07) is 24.0. The molecule has 0 unspecified atom stereocenters. The van der Waals surface area contributed by atoms with Crippen LogP contribution >= 0.6 is 0 Å². The molecule has 0 atom stereocenters. The fourth-order valence-corrected chi connectivity index (χ4v) is 5.10. The second-order valence-electron chi connectivity index (χ2n) is 9.02. The van der Waals surface area contributed by atoms with E-state index in [4.69, 9.17) is 15.0 Å². The molecule has 0 saturated heterocycles. The molecule has 2 aromatic heterocycles. The quantitative estimate of drug-likeness (QED) is 0.281. The van der Waals surface area contributed by atoms with Crippen LogP contribution in [0.15, 0.2) is 60.7 Å². The molecule has 0 amide bonds. The predicted octanol–water partition coefficient (Wildman–Crippen LogP) is 6.40. The average molecular weight is 461 g/mol. The number of aryl methyl sites for hydroxylation is 2. The van der Waals surface area contributed by atoms with E-state index in [0.29, 0.717) is 16.5 Å². The Labute approximate surface area is 206 Å². The summed E-state index contributed by atoms with van der Waals surface area (Å²) in [5.74, 6) is 0. The summed E-state index contributed by atoms with van der Waals surface area (Å²) in [5.41, 5.74) is 11.5. The Bertz CT molecular complexity index is 2020. The van der Waals surface area contributed by atoms with Gasteiger partial charge in [-0.15, -0.1) is 0 Å². The highest BCUT2D eigenvalue weighted by atomic mass is 14.8. The Morgan fingerprint density at radius 1 is 0.528 bits per heavy atom. The topological polar surface area (TPSA) is 99.1 Å². The summed E-state index contributed by atoms with van der Waals surface area (Å²) in [4.78, 5) is 19.3. The minimum absolute atomic E-state index is 0.483. The van der Waals surface area contributed by atoms with E-state index in [0.717, 1.165) is 72.5 Å². The van der Waals surface area contributed by atoms with Gasteiger partial charge in [0.1, 0.15) is 0 Å². The number of nitriles is 2. The molecule has 0 fully saturated rings. The highest BCUT2D eigenvalue weighted by Crippen LogP contribution is 2.47. The lowest BCUT2D eigenvalue weighted by Crippen LogP contribution is -1.94. The third-order valence-corrected chi connectivity index (χ3v) is 6.98. The predicted molar refractivity (Wildman–Crippen MR) is 139 cm³/mol. The van der Waals surface area contributed by atoms with E-state index in [9.17, 15) is 10.5 Å². The third kappa shape index (κ3) is 2.70. The molecular weight excluding hydrogens is 444 g/mol. The van der Waals surface area contributed by atoms with Gasteiger partial charge in [-0.1, -0.05) is 24.3 Å². The van der Waals surface area contributed by atoms with Crippen LogP contribution in [0.4, 0.5) is 0 Å². The molecule has 0 spiro atoms. The van der Waals surface area contributed by atoms with Gasteiger partial charge >= 0.3 is 0 Å². The molecule has 0 aliphatic heterocycles. The van der Waals surface area contributed by atoms with Gasteiger partial charge in [0.25, 0.3) is 0 Å². The zero-order chi connectivity index (χ0) is 24.6. The minimum atomic E-state index is 0.483. The smallest absolute Gasteiger partial charge is 0.0998 e. The van der Waals surface area contributed by atoms with Gasteiger partial charge in [0, 0.05) is 21.9 Å². The molecule has 2 heterocycles. The fourth-order valence-electron chi connectivity index (χ4n) is 5.10. The number of benzene rings is 4. The summed E-state index contributed by atoms with van der Waals surface area (Å²) in [7, 11) is 0. The first-order valence-electron chi connectivity index (χ1n) is 11.5. The summed E-state index contributed by atoms with van der Waals surface area (Å²) in [5, 5.41) is 20.9. The standard InChI is InChI=1S/C30H16N6/c1-15-16(2)34-25-11-17(5-9-23(25)33-15)18-6-10-24-26(12-18)36-30-22-8-4-20(14-32)27-19(13-31)3-7-21(28(22)27)29(30)35-24/h3-12H,1-2H3. The summed E-state index contributed by atoms with van der Waals surface area (Å²) in [6.07, 6.45) is 0. The molecule has 6 aromatic rings. The van der Waals surface area contributed by atoms with Crippen LogP contribution in [0.5, 0.6) is 0 Å². The van der Waals surface area contributed by atoms with Crippen LogP contribution in [-0.2, 0) is 0 Å². The van der Waals surface area contributed by atoms with Gasteiger partial charge in [0.15, 0.2) is 0 Å². The molecule has 36 heavy (non-hydrogen) atoms. The van der Waals surface area contributed by atoms with Crippen LogP contribution in [0.2, 0.25) is 0 Å². The molecule has 7 rings (SSSR count). The largest absolute Gasteiger partial charge is 0.250 e. The van der Waals surface area contributed by atoms with Crippen molar-refractivity contribution in [2.24, 2.45) is 0 Å². The Morgan fingerprint density at radius 3 is 1.56 bits per heavy atom. The van der Waals surface area contributed by atoms with Crippen LogP contribution in [0.25, 0.3) is 66.5 Å². The fraction of sp³-hybridized carbons (Fsp3) is 0.0667. The van der Waals surface area contributed by atoms with Crippen molar-refractivity contribution >= 4 is 32.8 Å². The van der Waals surface area contributed by atoms with Gasteiger partial charge in [0.05, 0.1) is 68.1 Å². The molecule has 4 aromatic carbocycles. The molecule has 0 radical (unpaired) electrons. The maximum atomic E-state index is 9.66. The van der Waals surface area contributed by atoms with Gasteiger partial charge in [-0.2, -0.15) is 10.5 Å². The lowest BCUT2D eigenvalue weighted by Gasteiger charge is -2.08. The molecule has 1 aliphatic rings. The van der Waals surface area contributed by atoms with Crippen molar-refractivity contribution in [3.8, 4) is 45.8 Å². The normalized spacial score (nSPS) is 11.6. The first kappa shape index (κ1) is 20.2. The Kier molecular flexibility index (Phi) is 4.01. The van der Waals surface area contributed by atoms with Crippen LogP contribution in [-0.4, -0.2) is 19.9 Å². The average Bonchev–Trinajstić information content (AvgIpc) is 3.21. The van der Waals surface area contributed by atoms with Crippen LogP contribution in [0, 0.1) is 36.5 Å². The maximum Gasteiger partial charge on any atom is 0.0998 e. The van der Waals surface area contributed by atoms with Crippen molar-refractivity contribution < 1.29 is 0 Å². The van der Waals surface area contributed by atoms with E-state index >= 15 is 0 Å². The number of fused-ring (bicyclic) bond motifs is 5. The van der Waals surface area contributed by atoms with Crippen LogP contribution in [0.3, 0.4) is 0 Å². The number of nitrogens with zero attached hydrogens (tertiary/aromatic N) is 6. The maximum absolute atomic E-state index is 9.66. The molecule has 6 nitrogen and oxygen atoms in total. The van der Waals surface area contributed by atoms with Gasteiger partial charge in [-0.05, 0) is 61.4 Å².